The summed E-state index contributed by atoms with van der Waals surface area (Å²) in [5.41, 5.74) is 0.557. The Labute approximate surface area is 137 Å². The van der Waals surface area contributed by atoms with E-state index in [4.69, 9.17) is 9.15 Å². The van der Waals surface area contributed by atoms with Gasteiger partial charge in [0.2, 0.25) is 5.91 Å². The molecule has 1 atom stereocenters. The summed E-state index contributed by atoms with van der Waals surface area (Å²) < 4.78 is 10.4. The Morgan fingerprint density at radius 2 is 2.17 bits per heavy atom. The molecule has 1 aromatic rings. The number of piperidine rings is 1. The highest BCUT2D eigenvalue weighted by Crippen LogP contribution is 2.23. The van der Waals surface area contributed by atoms with Crippen LogP contribution in [-0.2, 0) is 9.53 Å². The molecule has 0 aliphatic carbocycles. The molecule has 0 aromatic carbocycles. The van der Waals surface area contributed by atoms with Crippen LogP contribution in [0.3, 0.4) is 0 Å². The lowest BCUT2D eigenvalue weighted by Gasteiger charge is -2.34. The van der Waals surface area contributed by atoms with Gasteiger partial charge in [0.05, 0.1) is 5.56 Å². The average molecular weight is 322 g/mol. The predicted molar refractivity (Wildman–Crippen MR) is 86.4 cm³/mol. The molecule has 0 bridgehead atoms. The number of likely N-dealkylation sites (tertiary alicyclic amines) is 1. The van der Waals surface area contributed by atoms with Gasteiger partial charge < -0.3 is 19.4 Å². The summed E-state index contributed by atoms with van der Waals surface area (Å²) in [4.78, 5) is 26.9. The van der Waals surface area contributed by atoms with Crippen LogP contribution in [0, 0.1) is 13.8 Å². The van der Waals surface area contributed by atoms with Crippen LogP contribution in [0.25, 0.3) is 0 Å². The third kappa shape index (κ3) is 4.34. The second kappa shape index (κ2) is 8.15. The summed E-state index contributed by atoms with van der Waals surface area (Å²) in [6.45, 7) is 5.39. The van der Waals surface area contributed by atoms with E-state index in [1.807, 2.05) is 6.92 Å². The number of rotatable bonds is 6. The molecular formula is C17H26N2O4. The summed E-state index contributed by atoms with van der Waals surface area (Å²) in [5, 5.41) is 2.91. The number of nitrogens with zero attached hydrogens (tertiary/aromatic N) is 1. The van der Waals surface area contributed by atoms with E-state index < -0.39 is 6.04 Å². The lowest BCUT2D eigenvalue weighted by molar-refractivity contribution is -0.126. The van der Waals surface area contributed by atoms with Gasteiger partial charge in [0.25, 0.3) is 5.91 Å². The molecule has 1 aliphatic rings. The minimum absolute atomic E-state index is 0.0768. The molecule has 2 rings (SSSR count). The van der Waals surface area contributed by atoms with Crippen LogP contribution in [-0.4, -0.2) is 49.6 Å². The number of ether oxygens (including phenoxy) is 1. The second-order valence-corrected chi connectivity index (χ2v) is 5.97. The van der Waals surface area contributed by atoms with E-state index in [-0.39, 0.29) is 11.8 Å². The number of methoxy groups -OCH3 is 1. The van der Waals surface area contributed by atoms with Gasteiger partial charge in [0, 0.05) is 26.8 Å². The molecule has 1 aromatic heterocycles. The number of nitrogens with one attached hydrogen (secondary N) is 1. The molecule has 2 heterocycles. The summed E-state index contributed by atoms with van der Waals surface area (Å²) in [6.07, 6.45) is 3.36. The average Bonchev–Trinajstić information content (AvgIpc) is 2.89. The largest absolute Gasteiger partial charge is 0.466 e. The highest BCUT2D eigenvalue weighted by Gasteiger charge is 2.33. The number of aryl methyl sites for hydroxylation is 2. The van der Waals surface area contributed by atoms with Crippen LogP contribution in [0.4, 0.5) is 0 Å². The fourth-order valence-corrected chi connectivity index (χ4v) is 2.99. The normalized spacial score (nSPS) is 18.0. The Balaban J connectivity index is 2.04. The molecular weight excluding hydrogens is 296 g/mol. The first-order valence-electron chi connectivity index (χ1n) is 8.19. The number of furan rings is 1. The Morgan fingerprint density at radius 1 is 1.39 bits per heavy atom. The van der Waals surface area contributed by atoms with Gasteiger partial charge in [0.1, 0.15) is 17.6 Å². The van der Waals surface area contributed by atoms with Crippen molar-refractivity contribution in [2.24, 2.45) is 0 Å². The summed E-state index contributed by atoms with van der Waals surface area (Å²) in [6, 6.07) is 1.35. The number of carbonyl (C=O) groups is 2. The van der Waals surface area contributed by atoms with Gasteiger partial charge in [-0.05, 0) is 45.6 Å². The van der Waals surface area contributed by atoms with Crippen molar-refractivity contribution in [1.82, 2.24) is 10.2 Å². The molecule has 2 amide bonds. The van der Waals surface area contributed by atoms with Crippen molar-refractivity contribution < 1.29 is 18.7 Å². The second-order valence-electron chi connectivity index (χ2n) is 5.97. The van der Waals surface area contributed by atoms with E-state index in [0.29, 0.717) is 43.2 Å². The zero-order valence-electron chi connectivity index (χ0n) is 14.2. The molecule has 1 fully saturated rings. The zero-order valence-corrected chi connectivity index (χ0v) is 14.2. The Bertz CT molecular complexity index is 553. The third-order valence-electron chi connectivity index (χ3n) is 4.16. The van der Waals surface area contributed by atoms with Crippen LogP contribution in [0.5, 0.6) is 0 Å². The van der Waals surface area contributed by atoms with Gasteiger partial charge in [-0.3, -0.25) is 9.59 Å². The molecule has 6 heteroatoms. The highest BCUT2D eigenvalue weighted by atomic mass is 16.5. The molecule has 128 valence electrons. The molecule has 0 unspecified atom stereocenters. The molecule has 6 nitrogen and oxygen atoms in total. The lowest BCUT2D eigenvalue weighted by Crippen LogP contribution is -2.52. The van der Waals surface area contributed by atoms with Gasteiger partial charge >= 0.3 is 0 Å². The van der Waals surface area contributed by atoms with Crippen molar-refractivity contribution in [3.8, 4) is 0 Å². The topological polar surface area (TPSA) is 71.8 Å². The standard InChI is InChI=1S/C17H26N2O4/c1-12-11-14(13(2)23-12)17(21)19-9-5-4-7-15(19)16(20)18-8-6-10-22-3/h11,15H,4-10H2,1-3H3,(H,18,20)/t15-/m0/s1. The van der Waals surface area contributed by atoms with E-state index >= 15 is 0 Å². The number of hydrogen-bond acceptors (Lipinski definition) is 4. The maximum absolute atomic E-state index is 12.8. The number of carbonyl (C=O) groups excluding carboxylic acids is 2. The molecule has 1 aliphatic heterocycles. The van der Waals surface area contributed by atoms with Crippen LogP contribution < -0.4 is 5.32 Å². The van der Waals surface area contributed by atoms with Crippen LogP contribution in [0.2, 0.25) is 0 Å². The van der Waals surface area contributed by atoms with Crippen LogP contribution in [0.1, 0.15) is 47.6 Å². The maximum atomic E-state index is 12.8. The van der Waals surface area contributed by atoms with E-state index in [9.17, 15) is 9.59 Å². The molecule has 1 N–H and O–H groups in total. The maximum Gasteiger partial charge on any atom is 0.258 e. The van der Waals surface area contributed by atoms with Gasteiger partial charge in [-0.25, -0.2) is 0 Å². The Kier molecular flexibility index (Phi) is 6.21. The van der Waals surface area contributed by atoms with Gasteiger partial charge in [-0.1, -0.05) is 0 Å². The molecule has 0 saturated carbocycles. The Morgan fingerprint density at radius 3 is 2.83 bits per heavy atom. The molecule has 0 radical (unpaired) electrons. The van der Waals surface area contributed by atoms with E-state index in [1.54, 1.807) is 25.0 Å². The number of amides is 2. The van der Waals surface area contributed by atoms with Crippen molar-refractivity contribution >= 4 is 11.8 Å². The lowest BCUT2D eigenvalue weighted by atomic mass is 10.00. The fourth-order valence-electron chi connectivity index (χ4n) is 2.99. The summed E-state index contributed by atoms with van der Waals surface area (Å²) in [7, 11) is 1.64. The van der Waals surface area contributed by atoms with Crippen LogP contribution in [0.15, 0.2) is 10.5 Å². The highest BCUT2D eigenvalue weighted by molar-refractivity contribution is 5.98. The zero-order chi connectivity index (χ0) is 16.8. The minimum atomic E-state index is -0.395. The van der Waals surface area contributed by atoms with E-state index in [1.165, 1.54) is 0 Å². The molecule has 23 heavy (non-hydrogen) atoms. The van der Waals surface area contributed by atoms with Crippen LogP contribution >= 0.6 is 0 Å². The summed E-state index contributed by atoms with van der Waals surface area (Å²) in [5.74, 6) is 1.13. The SMILES string of the molecule is COCCCNC(=O)[C@@H]1CCCCN1C(=O)c1cc(C)oc1C. The number of hydrogen-bond donors (Lipinski definition) is 1. The van der Waals surface area contributed by atoms with Crippen molar-refractivity contribution in [1.29, 1.82) is 0 Å². The first kappa shape index (κ1) is 17.5. The third-order valence-corrected chi connectivity index (χ3v) is 4.16. The van der Waals surface area contributed by atoms with Gasteiger partial charge in [-0.2, -0.15) is 0 Å². The van der Waals surface area contributed by atoms with E-state index in [0.717, 1.165) is 19.3 Å². The summed E-state index contributed by atoms with van der Waals surface area (Å²) >= 11 is 0. The quantitative estimate of drug-likeness (QED) is 0.814. The van der Waals surface area contributed by atoms with Crippen molar-refractivity contribution in [2.75, 3.05) is 26.8 Å². The van der Waals surface area contributed by atoms with Crippen molar-refractivity contribution in [2.45, 2.75) is 45.6 Å². The predicted octanol–water partition coefficient (Wildman–Crippen LogP) is 2.04. The van der Waals surface area contributed by atoms with Crippen molar-refractivity contribution in [3.05, 3.63) is 23.2 Å². The van der Waals surface area contributed by atoms with Gasteiger partial charge in [0.15, 0.2) is 0 Å². The first-order valence-corrected chi connectivity index (χ1v) is 8.19. The smallest absolute Gasteiger partial charge is 0.258 e. The first-order chi connectivity index (χ1) is 11.0. The van der Waals surface area contributed by atoms with Gasteiger partial charge in [-0.15, -0.1) is 0 Å². The Hall–Kier alpha value is -1.82. The van der Waals surface area contributed by atoms with Crippen molar-refractivity contribution in [3.63, 3.8) is 0 Å². The monoisotopic (exact) mass is 322 g/mol. The molecule has 0 spiro atoms. The fraction of sp³-hybridized carbons (Fsp3) is 0.647. The minimum Gasteiger partial charge on any atom is -0.466 e. The van der Waals surface area contributed by atoms with E-state index in [2.05, 4.69) is 5.32 Å². The molecule has 1 saturated heterocycles.